The molecule has 0 aromatic carbocycles. The summed E-state index contributed by atoms with van der Waals surface area (Å²) in [5.41, 5.74) is 0. The highest BCUT2D eigenvalue weighted by molar-refractivity contribution is 9.10. The van der Waals surface area contributed by atoms with Gasteiger partial charge in [0.15, 0.2) is 0 Å². The quantitative estimate of drug-likeness (QED) is 0.874. The molecule has 2 atom stereocenters. The van der Waals surface area contributed by atoms with Crippen molar-refractivity contribution in [3.05, 3.63) is 20.3 Å². The van der Waals surface area contributed by atoms with Crippen LogP contribution in [0.1, 0.15) is 30.0 Å². The van der Waals surface area contributed by atoms with Gasteiger partial charge in [-0.15, -0.1) is 11.3 Å². The summed E-state index contributed by atoms with van der Waals surface area (Å²) in [6.07, 6.45) is 0.565. The molecule has 2 unspecified atom stereocenters. The first kappa shape index (κ1) is 13.2. The van der Waals surface area contributed by atoms with Gasteiger partial charge in [0, 0.05) is 26.8 Å². The molecule has 0 saturated heterocycles. The first-order valence-electron chi connectivity index (χ1n) is 5.15. The van der Waals surface area contributed by atoms with E-state index < -0.39 is 0 Å². The van der Waals surface area contributed by atoms with E-state index in [-0.39, 0.29) is 6.10 Å². The summed E-state index contributed by atoms with van der Waals surface area (Å²) < 4.78 is 1.19. The van der Waals surface area contributed by atoms with Crippen molar-refractivity contribution in [1.29, 1.82) is 0 Å². The normalized spacial score (nSPS) is 15.3. The van der Waals surface area contributed by atoms with Crippen molar-refractivity contribution < 1.29 is 5.11 Å². The van der Waals surface area contributed by atoms with Gasteiger partial charge >= 0.3 is 0 Å². The molecule has 0 bridgehead atoms. The van der Waals surface area contributed by atoms with Gasteiger partial charge in [0.2, 0.25) is 0 Å². The Labute approximate surface area is 104 Å². The fourth-order valence-corrected chi connectivity index (χ4v) is 3.03. The lowest BCUT2D eigenvalue weighted by molar-refractivity contribution is 0.170. The van der Waals surface area contributed by atoms with E-state index in [9.17, 15) is 5.11 Å². The van der Waals surface area contributed by atoms with Crippen molar-refractivity contribution in [2.45, 2.75) is 45.9 Å². The molecule has 0 aliphatic rings. The van der Waals surface area contributed by atoms with Crippen LogP contribution < -0.4 is 5.32 Å². The third-order valence-electron chi connectivity index (χ3n) is 2.23. The first-order chi connectivity index (χ1) is 6.99. The number of aliphatic hydroxyl groups excluding tert-OH is 1. The van der Waals surface area contributed by atoms with Gasteiger partial charge in [-0.2, -0.15) is 0 Å². The van der Waals surface area contributed by atoms with Crippen molar-refractivity contribution in [2.75, 3.05) is 0 Å². The van der Waals surface area contributed by atoms with Crippen LogP contribution in [0.5, 0.6) is 0 Å². The molecule has 0 saturated carbocycles. The standard InChI is InChI=1S/C11H18BrNOS/c1-7(4-8(2)14)13-6-10-5-11(12)9(3)15-10/h5,7-8,13-14H,4,6H2,1-3H3. The number of hydrogen-bond acceptors (Lipinski definition) is 3. The zero-order valence-corrected chi connectivity index (χ0v) is 11.8. The van der Waals surface area contributed by atoms with E-state index in [4.69, 9.17) is 0 Å². The number of halogens is 1. The van der Waals surface area contributed by atoms with Crippen molar-refractivity contribution in [2.24, 2.45) is 0 Å². The molecule has 0 aliphatic carbocycles. The summed E-state index contributed by atoms with van der Waals surface area (Å²) in [4.78, 5) is 2.65. The van der Waals surface area contributed by atoms with Crippen LogP contribution in [0, 0.1) is 6.92 Å². The maximum Gasteiger partial charge on any atom is 0.0526 e. The van der Waals surface area contributed by atoms with E-state index in [0.717, 1.165) is 13.0 Å². The molecule has 1 aromatic heterocycles. The summed E-state index contributed by atoms with van der Waals surface area (Å²) in [6, 6.07) is 2.51. The lowest BCUT2D eigenvalue weighted by atomic mass is 10.1. The zero-order valence-electron chi connectivity index (χ0n) is 9.38. The molecular weight excluding hydrogens is 274 g/mol. The smallest absolute Gasteiger partial charge is 0.0526 e. The number of rotatable bonds is 5. The average Bonchev–Trinajstić information content (AvgIpc) is 2.42. The number of thiophene rings is 1. The second-order valence-corrected chi connectivity index (χ2v) is 6.18. The second kappa shape index (κ2) is 5.99. The van der Waals surface area contributed by atoms with Gasteiger partial charge in [-0.3, -0.25) is 0 Å². The summed E-state index contributed by atoms with van der Waals surface area (Å²) in [5.74, 6) is 0. The van der Waals surface area contributed by atoms with Crippen LogP contribution in [0.25, 0.3) is 0 Å². The first-order valence-corrected chi connectivity index (χ1v) is 6.76. The third kappa shape index (κ3) is 4.64. The summed E-state index contributed by atoms with van der Waals surface area (Å²) >= 11 is 5.31. The van der Waals surface area contributed by atoms with Crippen LogP contribution in [0.4, 0.5) is 0 Å². The number of aryl methyl sites for hydroxylation is 1. The maximum absolute atomic E-state index is 9.22. The fraction of sp³-hybridized carbons (Fsp3) is 0.636. The predicted octanol–water partition coefficient (Wildman–Crippen LogP) is 3.07. The largest absolute Gasteiger partial charge is 0.393 e. The van der Waals surface area contributed by atoms with E-state index in [0.29, 0.717) is 6.04 Å². The van der Waals surface area contributed by atoms with Crippen LogP contribution in [0.3, 0.4) is 0 Å². The zero-order chi connectivity index (χ0) is 11.4. The van der Waals surface area contributed by atoms with Gasteiger partial charge in [0.25, 0.3) is 0 Å². The highest BCUT2D eigenvalue weighted by Gasteiger charge is 2.07. The van der Waals surface area contributed by atoms with E-state index in [2.05, 4.69) is 41.2 Å². The molecule has 1 rings (SSSR count). The lowest BCUT2D eigenvalue weighted by Crippen LogP contribution is -2.28. The van der Waals surface area contributed by atoms with E-state index in [1.54, 1.807) is 11.3 Å². The molecule has 15 heavy (non-hydrogen) atoms. The highest BCUT2D eigenvalue weighted by atomic mass is 79.9. The molecule has 0 spiro atoms. The molecule has 2 nitrogen and oxygen atoms in total. The Hall–Kier alpha value is 0.100. The van der Waals surface area contributed by atoms with Crippen LogP contribution in [-0.4, -0.2) is 17.3 Å². The number of hydrogen-bond donors (Lipinski definition) is 2. The molecule has 1 heterocycles. The molecule has 2 N–H and O–H groups in total. The Bertz CT molecular complexity index is 292. The Kier molecular flexibility index (Phi) is 5.26. The van der Waals surface area contributed by atoms with Crippen LogP contribution in [-0.2, 0) is 6.54 Å². The lowest BCUT2D eigenvalue weighted by Gasteiger charge is -2.14. The van der Waals surface area contributed by atoms with Crippen molar-refractivity contribution >= 4 is 27.3 Å². The van der Waals surface area contributed by atoms with Gasteiger partial charge in [0.1, 0.15) is 0 Å². The van der Waals surface area contributed by atoms with Gasteiger partial charge in [0.05, 0.1) is 6.10 Å². The van der Waals surface area contributed by atoms with Crippen LogP contribution in [0.2, 0.25) is 0 Å². The molecule has 86 valence electrons. The Morgan fingerprint density at radius 3 is 2.67 bits per heavy atom. The molecule has 0 radical (unpaired) electrons. The topological polar surface area (TPSA) is 32.3 Å². The summed E-state index contributed by atoms with van der Waals surface area (Å²) in [7, 11) is 0. The molecule has 0 fully saturated rings. The fourth-order valence-electron chi connectivity index (χ4n) is 1.47. The Morgan fingerprint density at radius 2 is 2.20 bits per heavy atom. The van der Waals surface area contributed by atoms with E-state index in [1.807, 2.05) is 6.92 Å². The van der Waals surface area contributed by atoms with Gasteiger partial charge in [-0.05, 0) is 49.2 Å². The van der Waals surface area contributed by atoms with Gasteiger partial charge in [-0.1, -0.05) is 0 Å². The molecule has 1 aromatic rings. The minimum absolute atomic E-state index is 0.232. The average molecular weight is 292 g/mol. The van der Waals surface area contributed by atoms with Crippen LogP contribution in [0.15, 0.2) is 10.5 Å². The second-order valence-electron chi connectivity index (χ2n) is 3.98. The third-order valence-corrected chi connectivity index (χ3v) is 4.36. The number of nitrogens with one attached hydrogen (secondary N) is 1. The molecule has 0 aliphatic heterocycles. The van der Waals surface area contributed by atoms with Crippen molar-refractivity contribution in [3.8, 4) is 0 Å². The van der Waals surface area contributed by atoms with Gasteiger partial charge < -0.3 is 10.4 Å². The number of aliphatic hydroxyl groups is 1. The Balaban J connectivity index is 2.36. The SMILES string of the molecule is Cc1sc(CNC(C)CC(C)O)cc1Br. The molecule has 0 amide bonds. The van der Waals surface area contributed by atoms with Crippen molar-refractivity contribution in [1.82, 2.24) is 5.32 Å². The molecule has 4 heteroatoms. The minimum Gasteiger partial charge on any atom is -0.393 e. The Morgan fingerprint density at radius 1 is 1.53 bits per heavy atom. The van der Waals surface area contributed by atoms with Gasteiger partial charge in [-0.25, -0.2) is 0 Å². The van der Waals surface area contributed by atoms with E-state index in [1.165, 1.54) is 14.2 Å². The van der Waals surface area contributed by atoms with Crippen LogP contribution >= 0.6 is 27.3 Å². The monoisotopic (exact) mass is 291 g/mol. The predicted molar refractivity (Wildman–Crippen MR) is 69.4 cm³/mol. The van der Waals surface area contributed by atoms with Crippen molar-refractivity contribution in [3.63, 3.8) is 0 Å². The maximum atomic E-state index is 9.22. The summed E-state index contributed by atoms with van der Waals surface area (Å²) in [5, 5.41) is 12.6. The molecular formula is C11H18BrNOS. The van der Waals surface area contributed by atoms with E-state index >= 15 is 0 Å². The highest BCUT2D eigenvalue weighted by Crippen LogP contribution is 2.26. The summed E-state index contributed by atoms with van der Waals surface area (Å²) in [6.45, 7) is 6.91. The minimum atomic E-state index is -0.232.